The third-order valence-corrected chi connectivity index (χ3v) is 2.63. The van der Waals surface area contributed by atoms with Crippen molar-refractivity contribution < 1.29 is 4.79 Å². The number of nitrogens with zero attached hydrogens (tertiary/aromatic N) is 2. The number of anilines is 2. The van der Waals surface area contributed by atoms with Crippen LogP contribution in [-0.4, -0.2) is 23.5 Å². The van der Waals surface area contributed by atoms with Gasteiger partial charge in [0.15, 0.2) is 0 Å². The highest BCUT2D eigenvalue weighted by Crippen LogP contribution is 2.17. The van der Waals surface area contributed by atoms with Crippen molar-refractivity contribution in [1.29, 1.82) is 5.26 Å². The Kier molecular flexibility index (Phi) is 3.10. The SMILES string of the molecule is N#Cc1cc(N)cnc1NC1CCCNC1=O. The van der Waals surface area contributed by atoms with Gasteiger partial charge in [-0.2, -0.15) is 5.26 Å². The number of hydrogen-bond donors (Lipinski definition) is 3. The van der Waals surface area contributed by atoms with Crippen LogP contribution < -0.4 is 16.4 Å². The Bertz CT molecular complexity index is 479. The minimum absolute atomic E-state index is 0.0567. The van der Waals surface area contributed by atoms with Crippen molar-refractivity contribution in [3.63, 3.8) is 0 Å². The number of rotatable bonds is 2. The molecule has 1 unspecified atom stereocenters. The van der Waals surface area contributed by atoms with Gasteiger partial charge in [-0.25, -0.2) is 4.98 Å². The molecule has 0 radical (unpaired) electrons. The van der Waals surface area contributed by atoms with Crippen molar-refractivity contribution in [1.82, 2.24) is 10.3 Å². The number of hydrogen-bond acceptors (Lipinski definition) is 5. The van der Waals surface area contributed by atoms with E-state index in [0.29, 0.717) is 23.6 Å². The van der Waals surface area contributed by atoms with E-state index in [9.17, 15) is 4.79 Å². The van der Waals surface area contributed by atoms with Crippen LogP contribution in [0.1, 0.15) is 18.4 Å². The third kappa shape index (κ3) is 2.45. The molecule has 0 spiro atoms. The Hall–Kier alpha value is -2.29. The van der Waals surface area contributed by atoms with E-state index in [4.69, 9.17) is 11.0 Å². The molecule has 1 atom stereocenters. The summed E-state index contributed by atoms with van der Waals surface area (Å²) in [5.41, 5.74) is 6.32. The molecule has 0 bridgehead atoms. The lowest BCUT2D eigenvalue weighted by molar-refractivity contribution is -0.123. The van der Waals surface area contributed by atoms with Crippen LogP contribution in [-0.2, 0) is 4.79 Å². The summed E-state index contributed by atoms with van der Waals surface area (Å²) in [5.74, 6) is 0.350. The number of nitrogens with one attached hydrogen (secondary N) is 2. The molecule has 88 valence electrons. The third-order valence-electron chi connectivity index (χ3n) is 2.63. The molecule has 4 N–H and O–H groups in total. The van der Waals surface area contributed by atoms with Gasteiger partial charge in [0.25, 0.3) is 0 Å². The first-order chi connectivity index (χ1) is 8.20. The highest BCUT2D eigenvalue weighted by Gasteiger charge is 2.22. The predicted octanol–water partition coefficient (Wildman–Crippen LogP) is 0.226. The van der Waals surface area contributed by atoms with E-state index in [2.05, 4.69) is 15.6 Å². The van der Waals surface area contributed by atoms with Crippen LogP contribution in [0.25, 0.3) is 0 Å². The van der Waals surface area contributed by atoms with Gasteiger partial charge in [-0.15, -0.1) is 0 Å². The highest BCUT2D eigenvalue weighted by atomic mass is 16.2. The molecule has 6 nitrogen and oxygen atoms in total. The molecular formula is C11H13N5O. The van der Waals surface area contributed by atoms with Gasteiger partial charge in [-0.1, -0.05) is 0 Å². The molecule has 6 heteroatoms. The Labute approximate surface area is 98.8 Å². The van der Waals surface area contributed by atoms with Gasteiger partial charge in [0.2, 0.25) is 5.91 Å². The van der Waals surface area contributed by atoms with Crippen LogP contribution in [0.4, 0.5) is 11.5 Å². The van der Waals surface area contributed by atoms with Gasteiger partial charge in [0.1, 0.15) is 17.9 Å². The van der Waals surface area contributed by atoms with Gasteiger partial charge in [0.05, 0.1) is 17.4 Å². The molecular weight excluding hydrogens is 218 g/mol. The van der Waals surface area contributed by atoms with Crippen molar-refractivity contribution >= 4 is 17.4 Å². The molecule has 1 amide bonds. The summed E-state index contributed by atoms with van der Waals surface area (Å²) in [6.45, 7) is 0.706. The lowest BCUT2D eigenvalue weighted by atomic mass is 10.1. The topological polar surface area (TPSA) is 104 Å². The predicted molar refractivity (Wildman–Crippen MR) is 63.0 cm³/mol. The lowest BCUT2D eigenvalue weighted by Crippen LogP contribution is -2.44. The first-order valence-electron chi connectivity index (χ1n) is 5.40. The average molecular weight is 231 g/mol. The lowest BCUT2D eigenvalue weighted by Gasteiger charge is -2.23. The maximum Gasteiger partial charge on any atom is 0.242 e. The van der Waals surface area contributed by atoms with Gasteiger partial charge >= 0.3 is 0 Å². The van der Waals surface area contributed by atoms with E-state index < -0.39 is 0 Å². The van der Waals surface area contributed by atoms with Crippen LogP contribution in [0.15, 0.2) is 12.3 Å². The quantitative estimate of drug-likeness (QED) is 0.675. The molecule has 17 heavy (non-hydrogen) atoms. The van der Waals surface area contributed by atoms with Gasteiger partial charge in [-0.05, 0) is 18.9 Å². The number of nitrogen functional groups attached to an aromatic ring is 1. The fourth-order valence-corrected chi connectivity index (χ4v) is 1.76. The summed E-state index contributed by atoms with van der Waals surface area (Å²) < 4.78 is 0. The summed E-state index contributed by atoms with van der Waals surface area (Å²) >= 11 is 0. The molecule has 1 aromatic rings. The molecule has 1 aliphatic rings. The molecule has 1 fully saturated rings. The number of carbonyl (C=O) groups is 1. The fourth-order valence-electron chi connectivity index (χ4n) is 1.76. The largest absolute Gasteiger partial charge is 0.397 e. The number of amides is 1. The van der Waals surface area contributed by atoms with Crippen molar-refractivity contribution in [2.75, 3.05) is 17.6 Å². The minimum atomic E-state index is -0.327. The maximum atomic E-state index is 11.6. The molecule has 2 rings (SSSR count). The van der Waals surface area contributed by atoms with Crippen LogP contribution in [0, 0.1) is 11.3 Å². The van der Waals surface area contributed by atoms with Gasteiger partial charge in [-0.3, -0.25) is 4.79 Å². The second kappa shape index (κ2) is 4.70. The van der Waals surface area contributed by atoms with Crippen LogP contribution >= 0.6 is 0 Å². The zero-order chi connectivity index (χ0) is 12.3. The van der Waals surface area contributed by atoms with Crippen LogP contribution in [0.3, 0.4) is 0 Å². The summed E-state index contributed by atoms with van der Waals surface area (Å²) in [6, 6.07) is 3.21. The summed E-state index contributed by atoms with van der Waals surface area (Å²) in [7, 11) is 0. The fraction of sp³-hybridized carbons (Fsp3) is 0.364. The second-order valence-electron chi connectivity index (χ2n) is 3.91. The first kappa shape index (κ1) is 11.2. The molecule has 1 aromatic heterocycles. The standard InChI is InChI=1S/C11H13N5O/c12-5-7-4-8(13)6-15-10(7)16-9-2-1-3-14-11(9)17/h4,6,9H,1-3,13H2,(H,14,17)(H,15,16). The van der Waals surface area contributed by atoms with Gasteiger partial charge < -0.3 is 16.4 Å². The van der Waals surface area contributed by atoms with Gasteiger partial charge in [0, 0.05) is 6.54 Å². The van der Waals surface area contributed by atoms with E-state index in [1.54, 1.807) is 0 Å². The first-order valence-corrected chi connectivity index (χ1v) is 5.40. The summed E-state index contributed by atoms with van der Waals surface area (Å²) in [5, 5.41) is 14.7. The Morgan fingerprint density at radius 1 is 1.65 bits per heavy atom. The number of pyridine rings is 1. The Balaban J connectivity index is 2.18. The minimum Gasteiger partial charge on any atom is -0.397 e. The second-order valence-corrected chi connectivity index (χ2v) is 3.91. The van der Waals surface area contributed by atoms with Crippen molar-refractivity contribution in [3.8, 4) is 6.07 Å². The zero-order valence-electron chi connectivity index (χ0n) is 9.23. The van der Waals surface area contributed by atoms with E-state index in [0.717, 1.165) is 12.8 Å². The molecule has 2 heterocycles. The molecule has 0 saturated carbocycles. The number of aromatic nitrogens is 1. The van der Waals surface area contributed by atoms with Crippen molar-refractivity contribution in [3.05, 3.63) is 17.8 Å². The normalized spacial score (nSPS) is 19.2. The molecule has 1 saturated heterocycles. The van der Waals surface area contributed by atoms with E-state index >= 15 is 0 Å². The average Bonchev–Trinajstić information content (AvgIpc) is 2.34. The smallest absolute Gasteiger partial charge is 0.242 e. The van der Waals surface area contributed by atoms with E-state index in [-0.39, 0.29) is 11.9 Å². The maximum absolute atomic E-state index is 11.6. The van der Waals surface area contributed by atoms with Crippen molar-refractivity contribution in [2.45, 2.75) is 18.9 Å². The number of nitriles is 1. The van der Waals surface area contributed by atoms with E-state index in [1.807, 2.05) is 6.07 Å². The Morgan fingerprint density at radius 2 is 2.47 bits per heavy atom. The van der Waals surface area contributed by atoms with E-state index in [1.165, 1.54) is 12.3 Å². The number of nitrogens with two attached hydrogens (primary N) is 1. The summed E-state index contributed by atoms with van der Waals surface area (Å²) in [6.07, 6.45) is 3.12. The van der Waals surface area contributed by atoms with Crippen LogP contribution in [0.2, 0.25) is 0 Å². The molecule has 1 aliphatic heterocycles. The molecule has 0 aliphatic carbocycles. The monoisotopic (exact) mass is 231 g/mol. The number of piperidine rings is 1. The molecule has 0 aromatic carbocycles. The van der Waals surface area contributed by atoms with Crippen LogP contribution in [0.5, 0.6) is 0 Å². The van der Waals surface area contributed by atoms with Crippen molar-refractivity contribution in [2.24, 2.45) is 0 Å². The zero-order valence-corrected chi connectivity index (χ0v) is 9.23. The highest BCUT2D eigenvalue weighted by molar-refractivity contribution is 5.85. The number of carbonyl (C=O) groups excluding carboxylic acids is 1. The Morgan fingerprint density at radius 3 is 3.18 bits per heavy atom. The summed E-state index contributed by atoms with van der Waals surface area (Å²) in [4.78, 5) is 15.6.